The summed E-state index contributed by atoms with van der Waals surface area (Å²) in [6.07, 6.45) is 6.69. The highest BCUT2D eigenvalue weighted by atomic mass is 32.1. The number of hydrogen-bond acceptors (Lipinski definition) is 3. The average Bonchev–Trinajstić information content (AvgIpc) is 2.31. The average molecular weight is 232 g/mol. The smallest absolute Gasteiger partial charge is 0.0600 e. The molecule has 1 saturated carbocycles. The molecule has 3 atom stereocenters. The van der Waals surface area contributed by atoms with Crippen LogP contribution in [0.25, 0.3) is 0 Å². The minimum Gasteiger partial charge on any atom is -0.381 e. The molecule has 0 radical (unpaired) electrons. The number of hydrogen-bond donors (Lipinski definition) is 1. The molecule has 0 aromatic rings. The fourth-order valence-electron chi connectivity index (χ4n) is 2.04. The van der Waals surface area contributed by atoms with Gasteiger partial charge < -0.3 is 9.47 Å². The molecule has 3 unspecified atom stereocenters. The predicted molar refractivity (Wildman–Crippen MR) is 66.6 cm³/mol. The summed E-state index contributed by atoms with van der Waals surface area (Å²) >= 11 is 4.32. The molecule has 1 aliphatic rings. The van der Waals surface area contributed by atoms with Crippen LogP contribution in [-0.2, 0) is 9.47 Å². The molecule has 0 aliphatic heterocycles. The van der Waals surface area contributed by atoms with Crippen molar-refractivity contribution in [2.75, 3.05) is 19.5 Å². The molecule has 1 fully saturated rings. The van der Waals surface area contributed by atoms with Crippen LogP contribution >= 0.6 is 12.6 Å². The van der Waals surface area contributed by atoms with Crippen LogP contribution in [0.4, 0.5) is 0 Å². The van der Waals surface area contributed by atoms with Gasteiger partial charge in [-0.3, -0.25) is 0 Å². The van der Waals surface area contributed by atoms with Crippen LogP contribution in [0.1, 0.15) is 39.0 Å². The molecule has 2 nitrogen and oxygen atoms in total. The number of rotatable bonds is 6. The Balaban J connectivity index is 2.20. The summed E-state index contributed by atoms with van der Waals surface area (Å²) in [4.78, 5) is 0. The van der Waals surface area contributed by atoms with Crippen LogP contribution in [0.15, 0.2) is 0 Å². The van der Waals surface area contributed by atoms with Crippen LogP contribution < -0.4 is 0 Å². The van der Waals surface area contributed by atoms with Gasteiger partial charge >= 0.3 is 0 Å². The maximum absolute atomic E-state index is 5.93. The third kappa shape index (κ3) is 4.75. The van der Waals surface area contributed by atoms with Crippen molar-refractivity contribution < 1.29 is 9.47 Å². The SMILES string of the molecule is CCC(CS)COC1CCCC(OC)C1. The van der Waals surface area contributed by atoms with Gasteiger partial charge in [0.2, 0.25) is 0 Å². The van der Waals surface area contributed by atoms with Crippen molar-refractivity contribution in [2.24, 2.45) is 5.92 Å². The van der Waals surface area contributed by atoms with Crippen molar-refractivity contribution >= 4 is 12.6 Å². The van der Waals surface area contributed by atoms with Crippen LogP contribution in [-0.4, -0.2) is 31.7 Å². The Morgan fingerprint density at radius 1 is 1.33 bits per heavy atom. The summed E-state index contributed by atoms with van der Waals surface area (Å²) in [6, 6.07) is 0. The lowest BCUT2D eigenvalue weighted by Gasteiger charge is -2.29. The van der Waals surface area contributed by atoms with Crippen molar-refractivity contribution in [3.05, 3.63) is 0 Å². The van der Waals surface area contributed by atoms with Gasteiger partial charge in [-0.15, -0.1) is 0 Å². The molecular formula is C12H24O2S. The maximum atomic E-state index is 5.93. The third-order valence-corrected chi connectivity index (χ3v) is 3.83. The minimum atomic E-state index is 0.414. The first-order valence-electron chi connectivity index (χ1n) is 6.05. The highest BCUT2D eigenvalue weighted by Gasteiger charge is 2.22. The molecule has 15 heavy (non-hydrogen) atoms. The lowest BCUT2D eigenvalue weighted by atomic mass is 9.95. The van der Waals surface area contributed by atoms with Gasteiger partial charge in [0.1, 0.15) is 0 Å². The van der Waals surface area contributed by atoms with E-state index in [1.54, 1.807) is 7.11 Å². The lowest BCUT2D eigenvalue weighted by Crippen LogP contribution is -2.29. The second-order valence-corrected chi connectivity index (χ2v) is 4.80. The van der Waals surface area contributed by atoms with Gasteiger partial charge in [0.15, 0.2) is 0 Å². The Kier molecular flexibility index (Phi) is 6.69. The van der Waals surface area contributed by atoms with Gasteiger partial charge in [-0.1, -0.05) is 13.3 Å². The minimum absolute atomic E-state index is 0.414. The zero-order chi connectivity index (χ0) is 11.1. The van der Waals surface area contributed by atoms with E-state index in [1.807, 2.05) is 0 Å². The second-order valence-electron chi connectivity index (χ2n) is 4.44. The van der Waals surface area contributed by atoms with Gasteiger partial charge in [0.25, 0.3) is 0 Å². The van der Waals surface area contributed by atoms with E-state index in [1.165, 1.54) is 19.3 Å². The quantitative estimate of drug-likeness (QED) is 0.710. The second kappa shape index (κ2) is 7.53. The summed E-state index contributed by atoms with van der Waals surface area (Å²) in [7, 11) is 1.80. The van der Waals surface area contributed by atoms with E-state index in [2.05, 4.69) is 19.6 Å². The molecule has 0 aromatic heterocycles. The Labute approximate surface area is 99.1 Å². The topological polar surface area (TPSA) is 18.5 Å². The molecule has 0 spiro atoms. The first kappa shape index (κ1) is 13.3. The summed E-state index contributed by atoms with van der Waals surface area (Å²) in [5.41, 5.74) is 0. The predicted octanol–water partition coefficient (Wildman–Crippen LogP) is 2.92. The van der Waals surface area contributed by atoms with Crippen molar-refractivity contribution in [1.29, 1.82) is 0 Å². The van der Waals surface area contributed by atoms with Crippen molar-refractivity contribution in [3.8, 4) is 0 Å². The van der Waals surface area contributed by atoms with Crippen LogP contribution in [0.3, 0.4) is 0 Å². The highest BCUT2D eigenvalue weighted by molar-refractivity contribution is 7.80. The van der Waals surface area contributed by atoms with E-state index >= 15 is 0 Å². The standard InChI is InChI=1S/C12H24O2S/c1-3-10(9-15)8-14-12-6-4-5-11(7-12)13-2/h10-12,15H,3-9H2,1-2H3. The summed E-state index contributed by atoms with van der Waals surface area (Å²) in [5.74, 6) is 1.54. The molecule has 0 aromatic carbocycles. The maximum Gasteiger partial charge on any atom is 0.0600 e. The monoisotopic (exact) mass is 232 g/mol. The molecule has 90 valence electrons. The molecule has 0 saturated heterocycles. The van der Waals surface area contributed by atoms with E-state index < -0.39 is 0 Å². The van der Waals surface area contributed by atoms with Gasteiger partial charge in [0.05, 0.1) is 18.8 Å². The molecule has 0 N–H and O–H groups in total. The molecule has 3 heteroatoms. The molecule has 0 amide bonds. The Morgan fingerprint density at radius 2 is 2.07 bits per heavy atom. The van der Waals surface area contributed by atoms with Crippen molar-refractivity contribution in [3.63, 3.8) is 0 Å². The fourth-order valence-corrected chi connectivity index (χ4v) is 2.40. The van der Waals surface area contributed by atoms with E-state index in [4.69, 9.17) is 9.47 Å². The van der Waals surface area contributed by atoms with Gasteiger partial charge in [0, 0.05) is 7.11 Å². The number of thiol groups is 1. The molecule has 0 heterocycles. The Hall–Kier alpha value is 0.270. The zero-order valence-electron chi connectivity index (χ0n) is 9.95. The molecular weight excluding hydrogens is 208 g/mol. The summed E-state index contributed by atoms with van der Waals surface area (Å²) in [6.45, 7) is 3.06. The Bertz CT molecular complexity index is 160. The first-order chi connectivity index (χ1) is 7.30. The fraction of sp³-hybridized carbons (Fsp3) is 1.00. The zero-order valence-corrected chi connectivity index (χ0v) is 10.8. The van der Waals surface area contributed by atoms with Gasteiger partial charge in [-0.05, 0) is 37.4 Å². The Morgan fingerprint density at radius 3 is 2.67 bits per heavy atom. The molecule has 1 aliphatic carbocycles. The molecule has 0 bridgehead atoms. The van der Waals surface area contributed by atoms with E-state index in [0.29, 0.717) is 18.1 Å². The normalized spacial score (nSPS) is 29.0. The van der Waals surface area contributed by atoms with Crippen LogP contribution in [0.2, 0.25) is 0 Å². The van der Waals surface area contributed by atoms with E-state index in [0.717, 1.165) is 25.2 Å². The summed E-state index contributed by atoms with van der Waals surface area (Å²) in [5, 5.41) is 0. The van der Waals surface area contributed by atoms with Crippen molar-refractivity contribution in [2.45, 2.75) is 51.2 Å². The van der Waals surface area contributed by atoms with Crippen LogP contribution in [0.5, 0.6) is 0 Å². The molecule has 1 rings (SSSR count). The van der Waals surface area contributed by atoms with Gasteiger partial charge in [-0.25, -0.2) is 0 Å². The largest absolute Gasteiger partial charge is 0.381 e. The van der Waals surface area contributed by atoms with E-state index in [9.17, 15) is 0 Å². The van der Waals surface area contributed by atoms with E-state index in [-0.39, 0.29) is 0 Å². The number of methoxy groups -OCH3 is 1. The first-order valence-corrected chi connectivity index (χ1v) is 6.68. The summed E-state index contributed by atoms with van der Waals surface area (Å²) < 4.78 is 11.3. The van der Waals surface area contributed by atoms with Gasteiger partial charge in [-0.2, -0.15) is 12.6 Å². The van der Waals surface area contributed by atoms with Crippen molar-refractivity contribution in [1.82, 2.24) is 0 Å². The number of ether oxygens (including phenoxy) is 2. The third-order valence-electron chi connectivity index (χ3n) is 3.31. The lowest BCUT2D eigenvalue weighted by molar-refractivity contribution is -0.0382. The van der Waals surface area contributed by atoms with Crippen LogP contribution in [0, 0.1) is 5.92 Å². The highest BCUT2D eigenvalue weighted by Crippen LogP contribution is 2.23.